The summed E-state index contributed by atoms with van der Waals surface area (Å²) < 4.78 is 0. The SMILES string of the molecule is NCC(=O)O.OCCO. The molecule has 0 heterocycles. The van der Waals surface area contributed by atoms with Crippen molar-refractivity contribution in [3.8, 4) is 0 Å². The third-order valence-electron chi connectivity index (χ3n) is 0.275. The molecule has 0 aromatic rings. The Morgan fingerprint density at radius 2 is 1.56 bits per heavy atom. The lowest BCUT2D eigenvalue weighted by atomic mass is 10.7. The van der Waals surface area contributed by atoms with Gasteiger partial charge in [-0.2, -0.15) is 0 Å². The van der Waals surface area contributed by atoms with E-state index in [4.69, 9.17) is 15.3 Å². The maximum absolute atomic E-state index is 9.24. The highest BCUT2D eigenvalue weighted by atomic mass is 16.4. The molecule has 0 aliphatic heterocycles. The van der Waals surface area contributed by atoms with Crippen LogP contribution in [0.4, 0.5) is 0 Å². The molecule has 0 radical (unpaired) electrons. The summed E-state index contributed by atoms with van der Waals surface area (Å²) in [5.41, 5.74) is 4.57. The van der Waals surface area contributed by atoms with Gasteiger partial charge in [-0.05, 0) is 0 Å². The van der Waals surface area contributed by atoms with Gasteiger partial charge in [0.15, 0.2) is 0 Å². The Morgan fingerprint density at radius 1 is 1.33 bits per heavy atom. The van der Waals surface area contributed by atoms with Crippen LogP contribution in [-0.4, -0.2) is 41.0 Å². The third-order valence-corrected chi connectivity index (χ3v) is 0.275. The maximum atomic E-state index is 9.24. The highest BCUT2D eigenvalue weighted by Crippen LogP contribution is 1.43. The summed E-state index contributed by atoms with van der Waals surface area (Å²) >= 11 is 0. The zero-order valence-electron chi connectivity index (χ0n) is 4.95. The van der Waals surface area contributed by atoms with Crippen molar-refractivity contribution in [3.63, 3.8) is 0 Å². The summed E-state index contributed by atoms with van der Waals surface area (Å²) in [6.07, 6.45) is 0. The molecule has 5 N–H and O–H groups in total. The topological polar surface area (TPSA) is 104 Å². The van der Waals surface area contributed by atoms with Crippen molar-refractivity contribution in [1.82, 2.24) is 0 Å². The van der Waals surface area contributed by atoms with Gasteiger partial charge >= 0.3 is 5.97 Å². The van der Waals surface area contributed by atoms with Gasteiger partial charge in [-0.15, -0.1) is 0 Å². The van der Waals surface area contributed by atoms with Crippen LogP contribution in [0.5, 0.6) is 0 Å². The molecule has 0 fully saturated rings. The first kappa shape index (κ1) is 11.2. The largest absolute Gasteiger partial charge is 0.480 e. The van der Waals surface area contributed by atoms with Crippen LogP contribution < -0.4 is 5.73 Å². The maximum Gasteiger partial charge on any atom is 0.317 e. The second-order valence-corrected chi connectivity index (χ2v) is 1.05. The lowest BCUT2D eigenvalue weighted by Gasteiger charge is -1.73. The predicted molar refractivity (Wildman–Crippen MR) is 30.9 cm³/mol. The first-order valence-corrected chi connectivity index (χ1v) is 2.32. The lowest BCUT2D eigenvalue weighted by molar-refractivity contribution is -0.135. The van der Waals surface area contributed by atoms with Crippen LogP contribution in [0.15, 0.2) is 0 Å². The van der Waals surface area contributed by atoms with Gasteiger partial charge in [-0.3, -0.25) is 4.79 Å². The smallest absolute Gasteiger partial charge is 0.317 e. The number of rotatable bonds is 2. The number of aliphatic carboxylic acids is 1. The Bertz CT molecular complexity index is 63.6. The molecule has 0 aliphatic carbocycles. The van der Waals surface area contributed by atoms with Crippen molar-refractivity contribution in [2.45, 2.75) is 0 Å². The first-order chi connectivity index (χ1) is 4.18. The molecule has 0 saturated carbocycles. The van der Waals surface area contributed by atoms with Crippen LogP contribution in [0.3, 0.4) is 0 Å². The van der Waals surface area contributed by atoms with Crippen LogP contribution >= 0.6 is 0 Å². The summed E-state index contributed by atoms with van der Waals surface area (Å²) in [4.78, 5) is 9.24. The van der Waals surface area contributed by atoms with E-state index in [1.165, 1.54) is 0 Å². The molecule has 56 valence electrons. The second-order valence-electron chi connectivity index (χ2n) is 1.05. The molecule has 0 amide bonds. The molecule has 0 unspecified atom stereocenters. The van der Waals surface area contributed by atoms with Crippen molar-refractivity contribution in [3.05, 3.63) is 0 Å². The van der Waals surface area contributed by atoms with Gasteiger partial charge in [0.25, 0.3) is 0 Å². The molecule has 0 aromatic heterocycles. The molecule has 9 heavy (non-hydrogen) atoms. The molecule has 5 heteroatoms. The number of nitrogens with two attached hydrogens (primary N) is 1. The summed E-state index contributed by atoms with van der Waals surface area (Å²) in [5, 5.41) is 22.8. The van der Waals surface area contributed by atoms with Crippen LogP contribution in [0.2, 0.25) is 0 Å². The molecule has 0 saturated heterocycles. The van der Waals surface area contributed by atoms with Crippen molar-refractivity contribution in [2.75, 3.05) is 19.8 Å². The first-order valence-electron chi connectivity index (χ1n) is 2.32. The van der Waals surface area contributed by atoms with Crippen LogP contribution in [-0.2, 0) is 4.79 Å². The summed E-state index contributed by atoms with van der Waals surface area (Å²) in [5.74, 6) is -0.968. The van der Waals surface area contributed by atoms with E-state index in [1.807, 2.05) is 0 Å². The zero-order chi connectivity index (χ0) is 7.70. The Kier molecular flexibility index (Phi) is 12.9. The average molecular weight is 137 g/mol. The molecule has 0 aromatic carbocycles. The third kappa shape index (κ3) is 38.1. The quantitative estimate of drug-likeness (QED) is 0.352. The van der Waals surface area contributed by atoms with Gasteiger partial charge in [-0.25, -0.2) is 0 Å². The van der Waals surface area contributed by atoms with Gasteiger partial charge in [0.05, 0.1) is 19.8 Å². The van der Waals surface area contributed by atoms with Crippen molar-refractivity contribution >= 4 is 5.97 Å². The van der Waals surface area contributed by atoms with Gasteiger partial charge in [0, 0.05) is 0 Å². The minimum atomic E-state index is -0.968. The molecular formula is C4H11NO4. The van der Waals surface area contributed by atoms with E-state index >= 15 is 0 Å². The molecule has 5 nitrogen and oxygen atoms in total. The number of carboxylic acids is 1. The van der Waals surface area contributed by atoms with Gasteiger partial charge < -0.3 is 21.1 Å². The van der Waals surface area contributed by atoms with E-state index < -0.39 is 5.97 Å². The van der Waals surface area contributed by atoms with Crippen LogP contribution in [0, 0.1) is 0 Å². The minimum Gasteiger partial charge on any atom is -0.480 e. The molecule has 0 bridgehead atoms. The van der Waals surface area contributed by atoms with E-state index in [-0.39, 0.29) is 19.8 Å². The van der Waals surface area contributed by atoms with Crippen LogP contribution in [0.25, 0.3) is 0 Å². The second kappa shape index (κ2) is 10.4. The number of carboxylic acid groups (broad SMARTS) is 1. The summed E-state index contributed by atoms with van der Waals surface area (Å²) in [6, 6.07) is 0. The number of hydrogen-bond acceptors (Lipinski definition) is 4. The monoisotopic (exact) mass is 137 g/mol. The van der Waals surface area contributed by atoms with E-state index in [0.717, 1.165) is 0 Å². The number of carbonyl (C=O) groups is 1. The predicted octanol–water partition coefficient (Wildman–Crippen LogP) is -2.00. The minimum absolute atomic E-state index is 0.125. The Morgan fingerprint density at radius 3 is 1.56 bits per heavy atom. The fourth-order valence-electron chi connectivity index (χ4n) is 0. The number of aliphatic hydroxyl groups is 2. The van der Waals surface area contributed by atoms with E-state index in [2.05, 4.69) is 5.73 Å². The number of aliphatic hydroxyl groups excluding tert-OH is 2. The zero-order valence-corrected chi connectivity index (χ0v) is 4.95. The van der Waals surface area contributed by atoms with Crippen molar-refractivity contribution in [1.29, 1.82) is 0 Å². The highest BCUT2D eigenvalue weighted by Gasteiger charge is 1.81. The summed E-state index contributed by atoms with van der Waals surface area (Å²) in [7, 11) is 0. The Hall–Kier alpha value is -0.650. The van der Waals surface area contributed by atoms with E-state index in [9.17, 15) is 4.79 Å². The lowest BCUT2D eigenvalue weighted by Crippen LogP contribution is -2.10. The number of hydrogen-bond donors (Lipinski definition) is 4. The Balaban J connectivity index is 0. The van der Waals surface area contributed by atoms with Crippen LogP contribution in [0.1, 0.15) is 0 Å². The fourth-order valence-corrected chi connectivity index (χ4v) is 0. The fraction of sp³-hybridized carbons (Fsp3) is 0.750. The van der Waals surface area contributed by atoms with E-state index in [1.54, 1.807) is 0 Å². The van der Waals surface area contributed by atoms with Gasteiger partial charge in [0.2, 0.25) is 0 Å². The molecule has 0 aliphatic rings. The standard InChI is InChI=1S/C2H5NO2.C2H6O2/c3-1-2(4)5;3-1-2-4/h1,3H2,(H,4,5);3-4H,1-2H2. The van der Waals surface area contributed by atoms with Crippen molar-refractivity contribution < 1.29 is 20.1 Å². The van der Waals surface area contributed by atoms with Crippen molar-refractivity contribution in [2.24, 2.45) is 5.73 Å². The average Bonchev–Trinajstić information content (AvgIpc) is 1.89. The van der Waals surface area contributed by atoms with Gasteiger partial charge in [-0.1, -0.05) is 0 Å². The van der Waals surface area contributed by atoms with E-state index in [0.29, 0.717) is 0 Å². The summed E-state index contributed by atoms with van der Waals surface area (Å²) in [6.45, 7) is -0.528. The Labute approximate surface area is 52.7 Å². The molecule has 0 rings (SSSR count). The highest BCUT2D eigenvalue weighted by molar-refractivity contribution is 5.68. The normalized spacial score (nSPS) is 7.44. The van der Waals surface area contributed by atoms with Gasteiger partial charge in [0.1, 0.15) is 0 Å². The molecular weight excluding hydrogens is 126 g/mol. The molecule has 0 atom stereocenters. The molecule has 0 spiro atoms.